The van der Waals surface area contributed by atoms with Crippen molar-refractivity contribution in [2.24, 2.45) is 5.92 Å². The molecule has 0 aliphatic heterocycles. The Morgan fingerprint density at radius 3 is 2.50 bits per heavy atom. The van der Waals surface area contributed by atoms with Gasteiger partial charge in [0.2, 0.25) is 0 Å². The monoisotopic (exact) mass is 174 g/mol. The van der Waals surface area contributed by atoms with Crippen molar-refractivity contribution in [2.45, 2.75) is 19.8 Å². The first-order valence-corrected chi connectivity index (χ1v) is 4.20. The van der Waals surface area contributed by atoms with Crippen LogP contribution in [0.4, 0.5) is 0 Å². The number of hydrogen-bond donors (Lipinski definition) is 0. The number of ether oxygens (including phenoxy) is 2. The van der Waals surface area contributed by atoms with E-state index in [9.17, 15) is 4.79 Å². The van der Waals surface area contributed by atoms with E-state index in [0.29, 0.717) is 12.3 Å². The molecular weight excluding hydrogens is 156 g/mol. The van der Waals surface area contributed by atoms with Crippen LogP contribution in [-0.2, 0) is 14.3 Å². The van der Waals surface area contributed by atoms with E-state index in [1.165, 1.54) is 7.11 Å². The Labute approximate surface area is 74.0 Å². The smallest absolute Gasteiger partial charge is 0.158 e. The quantitative estimate of drug-likeness (QED) is 0.583. The molecule has 0 saturated carbocycles. The Morgan fingerprint density at radius 1 is 1.33 bits per heavy atom. The summed E-state index contributed by atoms with van der Waals surface area (Å²) < 4.78 is 9.64. The third-order valence-electron chi connectivity index (χ3n) is 1.70. The van der Waals surface area contributed by atoms with Crippen LogP contribution in [0.3, 0.4) is 0 Å². The predicted molar refractivity (Wildman–Crippen MR) is 47.2 cm³/mol. The molecule has 1 atom stereocenters. The van der Waals surface area contributed by atoms with Gasteiger partial charge in [0.05, 0.1) is 0 Å². The van der Waals surface area contributed by atoms with Gasteiger partial charge in [-0.05, 0) is 12.3 Å². The molecule has 0 heterocycles. The molecule has 0 radical (unpaired) electrons. The summed E-state index contributed by atoms with van der Waals surface area (Å²) in [7, 11) is 3.21. The van der Waals surface area contributed by atoms with Gasteiger partial charge in [-0.3, -0.25) is 4.79 Å². The summed E-state index contributed by atoms with van der Waals surface area (Å²) in [6.45, 7) is 3.01. The number of Topliss-reactive ketones (excluding diaryl/α,β-unsaturated/α-hetero) is 1. The van der Waals surface area contributed by atoms with Gasteiger partial charge in [0.25, 0.3) is 0 Å². The second kappa shape index (κ2) is 7.25. The van der Waals surface area contributed by atoms with Crippen molar-refractivity contribution in [1.82, 2.24) is 0 Å². The van der Waals surface area contributed by atoms with Crippen molar-refractivity contribution in [1.29, 1.82) is 0 Å². The van der Waals surface area contributed by atoms with Crippen molar-refractivity contribution in [3.8, 4) is 0 Å². The molecule has 3 heteroatoms. The topological polar surface area (TPSA) is 35.5 Å². The third-order valence-corrected chi connectivity index (χ3v) is 1.70. The Bertz CT molecular complexity index is 123. The largest absolute Gasteiger partial charge is 0.385 e. The van der Waals surface area contributed by atoms with Crippen LogP contribution in [0.2, 0.25) is 0 Å². The molecule has 0 aromatic carbocycles. The molecule has 0 aromatic rings. The lowest BCUT2D eigenvalue weighted by atomic mass is 10.0. The summed E-state index contributed by atoms with van der Waals surface area (Å²) in [5.41, 5.74) is 0. The van der Waals surface area contributed by atoms with Crippen molar-refractivity contribution in [3.63, 3.8) is 0 Å². The van der Waals surface area contributed by atoms with E-state index in [4.69, 9.17) is 9.47 Å². The van der Waals surface area contributed by atoms with Gasteiger partial charge in [0, 0.05) is 27.2 Å². The molecule has 0 spiro atoms. The Kier molecular flexibility index (Phi) is 7.00. The van der Waals surface area contributed by atoms with Gasteiger partial charge in [-0.2, -0.15) is 0 Å². The van der Waals surface area contributed by atoms with Crippen LogP contribution in [0.25, 0.3) is 0 Å². The van der Waals surface area contributed by atoms with Crippen LogP contribution in [0, 0.1) is 5.92 Å². The van der Waals surface area contributed by atoms with Crippen LogP contribution >= 0.6 is 0 Å². The molecule has 1 unspecified atom stereocenters. The molecule has 3 nitrogen and oxygen atoms in total. The number of methoxy groups -OCH3 is 2. The molecule has 0 N–H and O–H groups in total. The standard InChI is InChI=1S/C9H18O3/c1-8(4-5-11-2)6-9(10)7-12-3/h8H,4-7H2,1-3H3. The Hall–Kier alpha value is -0.410. The molecule has 0 aliphatic carbocycles. The minimum atomic E-state index is 0.168. The van der Waals surface area contributed by atoms with Crippen LogP contribution in [0.5, 0.6) is 0 Å². The highest BCUT2D eigenvalue weighted by Crippen LogP contribution is 2.07. The molecule has 0 fully saturated rings. The minimum Gasteiger partial charge on any atom is -0.385 e. The summed E-state index contributed by atoms with van der Waals surface area (Å²) in [5.74, 6) is 0.564. The maximum absolute atomic E-state index is 11.1. The fourth-order valence-corrected chi connectivity index (χ4v) is 1.03. The maximum atomic E-state index is 11.1. The van der Waals surface area contributed by atoms with Gasteiger partial charge in [-0.1, -0.05) is 6.92 Å². The van der Waals surface area contributed by atoms with Crippen molar-refractivity contribution < 1.29 is 14.3 Å². The van der Waals surface area contributed by atoms with Crippen molar-refractivity contribution in [2.75, 3.05) is 27.4 Å². The third kappa shape index (κ3) is 6.31. The minimum absolute atomic E-state index is 0.168. The average molecular weight is 174 g/mol. The number of carbonyl (C=O) groups is 1. The van der Waals surface area contributed by atoms with Gasteiger partial charge < -0.3 is 9.47 Å². The van der Waals surface area contributed by atoms with Crippen LogP contribution in [-0.4, -0.2) is 33.2 Å². The molecule has 72 valence electrons. The fourth-order valence-electron chi connectivity index (χ4n) is 1.03. The molecule has 0 rings (SSSR count). The maximum Gasteiger partial charge on any atom is 0.158 e. The molecule has 0 saturated heterocycles. The Morgan fingerprint density at radius 2 is 2.00 bits per heavy atom. The summed E-state index contributed by atoms with van der Waals surface area (Å²) in [5, 5.41) is 0. The SMILES string of the molecule is COCCC(C)CC(=O)COC. The zero-order valence-electron chi connectivity index (χ0n) is 8.13. The van der Waals surface area contributed by atoms with Crippen molar-refractivity contribution >= 4 is 5.78 Å². The van der Waals surface area contributed by atoms with E-state index in [-0.39, 0.29) is 12.4 Å². The van der Waals surface area contributed by atoms with Gasteiger partial charge in [-0.25, -0.2) is 0 Å². The number of carbonyl (C=O) groups excluding carboxylic acids is 1. The highest BCUT2D eigenvalue weighted by atomic mass is 16.5. The van der Waals surface area contributed by atoms with E-state index in [1.54, 1.807) is 7.11 Å². The summed E-state index contributed by atoms with van der Waals surface area (Å²) >= 11 is 0. The molecule has 0 bridgehead atoms. The lowest BCUT2D eigenvalue weighted by Crippen LogP contribution is -2.12. The van der Waals surface area contributed by atoms with E-state index >= 15 is 0 Å². The zero-order chi connectivity index (χ0) is 9.40. The van der Waals surface area contributed by atoms with E-state index in [2.05, 4.69) is 0 Å². The van der Waals surface area contributed by atoms with Gasteiger partial charge >= 0.3 is 0 Å². The number of hydrogen-bond acceptors (Lipinski definition) is 3. The van der Waals surface area contributed by atoms with E-state index in [0.717, 1.165) is 13.0 Å². The molecule has 0 amide bonds. The summed E-state index contributed by atoms with van der Waals surface area (Å²) in [4.78, 5) is 11.1. The highest BCUT2D eigenvalue weighted by molar-refractivity contribution is 5.79. The molecule has 0 aliphatic rings. The van der Waals surface area contributed by atoms with Crippen LogP contribution in [0.1, 0.15) is 19.8 Å². The van der Waals surface area contributed by atoms with Crippen LogP contribution < -0.4 is 0 Å². The predicted octanol–water partition coefficient (Wildman–Crippen LogP) is 1.26. The van der Waals surface area contributed by atoms with E-state index < -0.39 is 0 Å². The molecule has 12 heavy (non-hydrogen) atoms. The van der Waals surface area contributed by atoms with Crippen LogP contribution in [0.15, 0.2) is 0 Å². The highest BCUT2D eigenvalue weighted by Gasteiger charge is 2.07. The van der Waals surface area contributed by atoms with Crippen molar-refractivity contribution in [3.05, 3.63) is 0 Å². The second-order valence-electron chi connectivity index (χ2n) is 3.06. The van der Waals surface area contributed by atoms with Gasteiger partial charge in [0.1, 0.15) is 6.61 Å². The first-order valence-electron chi connectivity index (χ1n) is 4.20. The zero-order valence-corrected chi connectivity index (χ0v) is 8.13. The second-order valence-corrected chi connectivity index (χ2v) is 3.06. The average Bonchev–Trinajstić information content (AvgIpc) is 2.01. The lowest BCUT2D eigenvalue weighted by molar-refractivity contribution is -0.123. The normalized spacial score (nSPS) is 12.9. The Balaban J connectivity index is 3.40. The number of ketones is 1. The molecule has 0 aromatic heterocycles. The fraction of sp³-hybridized carbons (Fsp3) is 0.889. The molecular formula is C9H18O3. The lowest BCUT2D eigenvalue weighted by Gasteiger charge is -2.08. The first-order chi connectivity index (χ1) is 5.70. The van der Waals surface area contributed by atoms with Gasteiger partial charge in [-0.15, -0.1) is 0 Å². The first kappa shape index (κ1) is 11.6. The van der Waals surface area contributed by atoms with E-state index in [1.807, 2.05) is 6.92 Å². The summed E-state index contributed by atoms with van der Waals surface area (Å²) in [6.07, 6.45) is 1.53. The summed E-state index contributed by atoms with van der Waals surface area (Å²) in [6, 6.07) is 0. The van der Waals surface area contributed by atoms with Gasteiger partial charge in [0.15, 0.2) is 5.78 Å². The number of rotatable bonds is 7.